The van der Waals surface area contributed by atoms with Gasteiger partial charge in [-0.2, -0.15) is 4.57 Å². The lowest BCUT2D eigenvalue weighted by molar-refractivity contribution is -0.689. The van der Waals surface area contributed by atoms with Gasteiger partial charge in [0.25, 0.3) is 0 Å². The fraction of sp³-hybridized carbons (Fsp3) is 0.611. The predicted molar refractivity (Wildman–Crippen MR) is 103 cm³/mol. The highest BCUT2D eigenvalue weighted by Crippen LogP contribution is 2.22. The minimum atomic E-state index is -1.45. The SMILES string of the molecule is Cc1ncc(C[n+]2csc(CCO[C@@H]3O[C@H](CO)[C@H](O)[C@H](O)[C@H]3O)c2C)c(N)n1. The van der Waals surface area contributed by atoms with Crippen LogP contribution in [0.2, 0.25) is 0 Å². The van der Waals surface area contributed by atoms with Crippen LogP contribution in [-0.2, 0) is 22.4 Å². The molecule has 3 rings (SSSR count). The quantitative estimate of drug-likeness (QED) is 0.330. The van der Waals surface area contributed by atoms with Gasteiger partial charge in [-0.25, -0.2) is 9.97 Å². The lowest BCUT2D eigenvalue weighted by Gasteiger charge is -2.39. The molecule has 6 N–H and O–H groups in total. The van der Waals surface area contributed by atoms with E-state index in [0.29, 0.717) is 24.6 Å². The second kappa shape index (κ2) is 9.39. The second-order valence-corrected chi connectivity index (χ2v) is 7.94. The molecule has 0 bridgehead atoms. The third-order valence-corrected chi connectivity index (χ3v) is 6.12. The van der Waals surface area contributed by atoms with Gasteiger partial charge in [0.15, 0.2) is 18.5 Å². The van der Waals surface area contributed by atoms with Crippen molar-refractivity contribution in [2.24, 2.45) is 0 Å². The number of nitrogens with zero attached hydrogens (tertiary/aromatic N) is 3. The van der Waals surface area contributed by atoms with Crippen LogP contribution in [0.1, 0.15) is 22.0 Å². The average molecular weight is 428 g/mol. The summed E-state index contributed by atoms with van der Waals surface area (Å²) in [5.74, 6) is 1.09. The lowest BCUT2D eigenvalue weighted by atomic mass is 9.99. The van der Waals surface area contributed by atoms with Crippen LogP contribution in [0.4, 0.5) is 5.82 Å². The number of nitrogen functional groups attached to an aromatic ring is 1. The number of thiazole rings is 1. The number of aryl methyl sites for hydroxylation is 1. The zero-order valence-electron chi connectivity index (χ0n) is 16.3. The van der Waals surface area contributed by atoms with Crippen LogP contribution >= 0.6 is 11.3 Å². The molecule has 1 aliphatic heterocycles. The summed E-state index contributed by atoms with van der Waals surface area (Å²) in [5.41, 5.74) is 9.84. The number of hydrogen-bond acceptors (Lipinski definition) is 10. The third kappa shape index (κ3) is 4.89. The highest BCUT2D eigenvalue weighted by Gasteiger charge is 2.43. The van der Waals surface area contributed by atoms with Gasteiger partial charge in [-0.15, -0.1) is 0 Å². The Morgan fingerprint density at radius 1 is 1.24 bits per heavy atom. The molecule has 1 aliphatic rings. The van der Waals surface area contributed by atoms with Crippen LogP contribution in [0.3, 0.4) is 0 Å². The summed E-state index contributed by atoms with van der Waals surface area (Å²) >= 11 is 1.57. The number of nitrogens with two attached hydrogens (primary N) is 1. The van der Waals surface area contributed by atoms with Crippen molar-refractivity contribution in [3.8, 4) is 0 Å². The minimum absolute atomic E-state index is 0.236. The second-order valence-electron chi connectivity index (χ2n) is 7.01. The fourth-order valence-electron chi connectivity index (χ4n) is 3.14. The summed E-state index contributed by atoms with van der Waals surface area (Å²) in [6.45, 7) is 4.09. The molecule has 0 saturated carbocycles. The highest BCUT2D eigenvalue weighted by atomic mass is 32.1. The van der Waals surface area contributed by atoms with Crippen molar-refractivity contribution in [2.45, 2.75) is 57.5 Å². The molecule has 29 heavy (non-hydrogen) atoms. The van der Waals surface area contributed by atoms with E-state index in [1.807, 2.05) is 12.4 Å². The molecule has 0 aromatic carbocycles. The number of hydrogen-bond donors (Lipinski definition) is 5. The van der Waals surface area contributed by atoms with Crippen molar-refractivity contribution in [3.63, 3.8) is 0 Å². The van der Waals surface area contributed by atoms with Crippen molar-refractivity contribution in [2.75, 3.05) is 18.9 Å². The van der Waals surface area contributed by atoms with Gasteiger partial charge in [-0.05, 0) is 6.92 Å². The molecule has 10 nitrogen and oxygen atoms in total. The van der Waals surface area contributed by atoms with Crippen LogP contribution in [0.15, 0.2) is 11.7 Å². The van der Waals surface area contributed by atoms with E-state index < -0.39 is 37.3 Å². The first-order valence-corrected chi connectivity index (χ1v) is 10.2. The van der Waals surface area contributed by atoms with E-state index in [9.17, 15) is 20.4 Å². The summed E-state index contributed by atoms with van der Waals surface area (Å²) in [4.78, 5) is 9.46. The van der Waals surface area contributed by atoms with Crippen LogP contribution in [0.25, 0.3) is 0 Å². The van der Waals surface area contributed by atoms with Gasteiger partial charge in [-0.1, -0.05) is 11.3 Å². The van der Waals surface area contributed by atoms with Gasteiger partial charge < -0.3 is 35.6 Å². The molecule has 0 aliphatic carbocycles. The molecule has 2 aromatic heterocycles. The van der Waals surface area contributed by atoms with Crippen molar-refractivity contribution >= 4 is 17.2 Å². The summed E-state index contributed by atoms with van der Waals surface area (Å²) in [6.07, 6.45) is -4.05. The standard InChI is InChI=1S/C18H27N4O6S/c1-9-13(29-8-22(9)6-11-5-20-10(2)21-17(11)19)3-4-27-18-16(26)15(25)14(24)12(7-23)28-18/h5,8,12,14-16,18,23-26H,3-4,6-7H2,1-2H3,(H2,19,20,21)/q+1/t12-,14+,15+,16-,18-/m1/s1. The van der Waals surface area contributed by atoms with Gasteiger partial charge >= 0.3 is 0 Å². The Morgan fingerprint density at radius 2 is 2.00 bits per heavy atom. The smallest absolute Gasteiger partial charge is 0.225 e. The van der Waals surface area contributed by atoms with Gasteiger partial charge in [-0.3, -0.25) is 0 Å². The molecule has 160 valence electrons. The molecular weight excluding hydrogens is 400 g/mol. The normalized spacial score (nSPS) is 27.3. The molecular formula is C18H27N4O6S+. The first-order chi connectivity index (χ1) is 13.8. The van der Waals surface area contributed by atoms with Gasteiger partial charge in [0, 0.05) is 19.5 Å². The van der Waals surface area contributed by atoms with E-state index in [2.05, 4.69) is 14.5 Å². The van der Waals surface area contributed by atoms with Gasteiger partial charge in [0.1, 0.15) is 36.1 Å². The Hall–Kier alpha value is -1.73. The molecule has 0 amide bonds. The van der Waals surface area contributed by atoms with Crippen molar-refractivity contribution in [3.05, 3.63) is 33.7 Å². The maximum atomic E-state index is 10.0. The molecule has 2 aromatic rings. The Morgan fingerprint density at radius 3 is 2.69 bits per heavy atom. The van der Waals surface area contributed by atoms with Crippen LogP contribution in [0.5, 0.6) is 0 Å². The Labute approximate surface area is 172 Å². The summed E-state index contributed by atoms with van der Waals surface area (Å²) < 4.78 is 13.0. The molecule has 1 saturated heterocycles. The summed E-state index contributed by atoms with van der Waals surface area (Å²) in [5, 5.41) is 38.9. The number of ether oxygens (including phenoxy) is 2. The van der Waals surface area contributed by atoms with E-state index in [1.165, 1.54) is 0 Å². The number of aromatic nitrogens is 3. The van der Waals surface area contributed by atoms with Crippen LogP contribution in [-0.4, -0.2) is 74.3 Å². The molecule has 0 radical (unpaired) electrons. The molecule has 5 atom stereocenters. The summed E-state index contributed by atoms with van der Waals surface area (Å²) in [6, 6.07) is 0. The number of aliphatic hydroxyl groups is 4. The van der Waals surface area contributed by atoms with Crippen LogP contribution < -0.4 is 10.3 Å². The molecule has 11 heteroatoms. The maximum Gasteiger partial charge on any atom is 0.225 e. The van der Waals surface area contributed by atoms with E-state index >= 15 is 0 Å². The predicted octanol–water partition coefficient (Wildman–Crippen LogP) is -1.57. The lowest BCUT2D eigenvalue weighted by Crippen LogP contribution is -2.59. The Bertz CT molecular complexity index is 833. The Balaban J connectivity index is 1.58. The van der Waals surface area contributed by atoms with E-state index in [-0.39, 0.29) is 6.61 Å². The third-order valence-electron chi connectivity index (χ3n) is 4.98. The first-order valence-electron chi connectivity index (χ1n) is 9.28. The minimum Gasteiger partial charge on any atom is -0.394 e. The first kappa shape index (κ1) is 22.0. The van der Waals surface area contributed by atoms with E-state index in [1.54, 1.807) is 24.5 Å². The number of anilines is 1. The molecule has 0 spiro atoms. The zero-order chi connectivity index (χ0) is 21.1. The number of aliphatic hydroxyl groups excluding tert-OH is 4. The highest BCUT2D eigenvalue weighted by molar-refractivity contribution is 7.09. The largest absolute Gasteiger partial charge is 0.394 e. The van der Waals surface area contributed by atoms with Crippen LogP contribution in [0, 0.1) is 13.8 Å². The zero-order valence-corrected chi connectivity index (χ0v) is 17.1. The molecule has 3 heterocycles. The molecule has 1 fully saturated rings. The van der Waals surface area contributed by atoms with Crippen molar-refractivity contribution < 1.29 is 34.5 Å². The maximum absolute atomic E-state index is 10.0. The van der Waals surface area contributed by atoms with Crippen molar-refractivity contribution in [1.82, 2.24) is 9.97 Å². The summed E-state index contributed by atoms with van der Waals surface area (Å²) in [7, 11) is 0. The van der Waals surface area contributed by atoms with E-state index in [0.717, 1.165) is 16.1 Å². The average Bonchev–Trinajstić information content (AvgIpc) is 3.03. The van der Waals surface area contributed by atoms with Crippen molar-refractivity contribution in [1.29, 1.82) is 0 Å². The van der Waals surface area contributed by atoms with Gasteiger partial charge in [0.2, 0.25) is 5.51 Å². The topological polar surface area (TPSA) is 155 Å². The molecule has 0 unspecified atom stereocenters. The van der Waals surface area contributed by atoms with Gasteiger partial charge in [0.05, 0.1) is 23.7 Å². The Kier molecular flexibility index (Phi) is 7.11. The number of rotatable bonds is 7. The van der Waals surface area contributed by atoms with E-state index in [4.69, 9.17) is 15.2 Å². The fourth-order valence-corrected chi connectivity index (χ4v) is 4.11. The monoisotopic (exact) mass is 427 g/mol.